The maximum atomic E-state index is 11.8. The molecular weight excluding hydrogens is 434 g/mol. The maximum absolute atomic E-state index is 11.8. The van der Waals surface area contributed by atoms with Crippen LogP contribution in [-0.4, -0.2) is 39.9 Å². The Kier molecular flexibility index (Phi) is 5.40. The van der Waals surface area contributed by atoms with Gasteiger partial charge >= 0.3 is 0 Å². The predicted molar refractivity (Wildman–Crippen MR) is 134 cm³/mol. The Morgan fingerprint density at radius 3 is 2.33 bits per heavy atom. The third kappa shape index (κ3) is 3.62. The van der Waals surface area contributed by atoms with Crippen molar-refractivity contribution >= 4 is 30.1 Å². The number of ether oxygens (including phenoxy) is 1. The highest BCUT2D eigenvalue weighted by Crippen LogP contribution is 2.40. The topological polar surface area (TPSA) is 98.9 Å². The summed E-state index contributed by atoms with van der Waals surface area (Å²) in [5, 5.41) is 18.3. The molecule has 0 amide bonds. The lowest BCUT2D eigenvalue weighted by molar-refractivity contribution is -0.385. The van der Waals surface area contributed by atoms with Gasteiger partial charge in [0.1, 0.15) is 11.4 Å². The van der Waals surface area contributed by atoms with Crippen LogP contribution in [0.3, 0.4) is 0 Å². The van der Waals surface area contributed by atoms with Crippen molar-refractivity contribution in [1.29, 1.82) is 0 Å². The molecule has 3 heterocycles. The van der Waals surface area contributed by atoms with Crippen LogP contribution < -0.4 is 10.1 Å². The lowest BCUT2D eigenvalue weighted by Gasteiger charge is -2.18. The van der Waals surface area contributed by atoms with Crippen LogP contribution in [0.1, 0.15) is 16.8 Å². The Morgan fingerprint density at radius 2 is 1.79 bits per heavy atom. The normalized spacial score (nSPS) is 11.9. The molecule has 0 radical (unpaired) electrons. The second-order valence-corrected chi connectivity index (χ2v) is 14.5. The van der Waals surface area contributed by atoms with E-state index in [2.05, 4.69) is 36.6 Å². The van der Waals surface area contributed by atoms with Gasteiger partial charge in [-0.05, 0) is 38.0 Å². The fraction of sp³-hybridized carbons (Fsp3) is 0.333. The molecule has 1 N–H and O–H groups in total. The summed E-state index contributed by atoms with van der Waals surface area (Å²) >= 11 is 0. The van der Waals surface area contributed by atoms with Crippen molar-refractivity contribution in [2.45, 2.75) is 40.4 Å². The zero-order valence-electron chi connectivity index (χ0n) is 20.3. The summed E-state index contributed by atoms with van der Waals surface area (Å²) in [6, 6.07) is 3.56. The maximum Gasteiger partial charge on any atom is 0.276 e. The molecule has 4 aromatic rings. The van der Waals surface area contributed by atoms with Crippen LogP contribution in [0.2, 0.25) is 19.6 Å². The molecule has 33 heavy (non-hydrogen) atoms. The summed E-state index contributed by atoms with van der Waals surface area (Å²) < 4.78 is 7.37. The highest BCUT2D eigenvalue weighted by Gasteiger charge is 2.29. The van der Waals surface area contributed by atoms with Crippen LogP contribution in [0.4, 0.5) is 5.69 Å². The lowest BCUT2D eigenvalue weighted by atomic mass is 9.96. The van der Waals surface area contributed by atoms with Crippen molar-refractivity contribution < 1.29 is 9.66 Å². The Balaban J connectivity index is 2.13. The summed E-state index contributed by atoms with van der Waals surface area (Å²) in [6.07, 6.45) is 3.74. The fourth-order valence-corrected chi connectivity index (χ4v) is 5.93. The quantitative estimate of drug-likeness (QED) is 0.255. The number of nitro benzene ring substituents is 1. The molecule has 1 aromatic carbocycles. The lowest BCUT2D eigenvalue weighted by Crippen LogP contribution is -2.39. The van der Waals surface area contributed by atoms with Crippen molar-refractivity contribution in [3.63, 3.8) is 0 Å². The van der Waals surface area contributed by atoms with Gasteiger partial charge in [-0.3, -0.25) is 14.8 Å². The van der Waals surface area contributed by atoms with Crippen LogP contribution in [-0.2, 0) is 7.05 Å². The largest absolute Gasteiger partial charge is 0.496 e. The van der Waals surface area contributed by atoms with E-state index in [0.29, 0.717) is 11.3 Å². The number of aromatic nitrogens is 4. The standard InChI is InChI=1S/C24H29N5O3Si/c1-13-17(18-12-26-28(4)15(18)3)11-25-23-21(13)22(24(27-23)33(6,7)8)16-9-19(29(30)31)14(2)20(10-16)32-5/h9-12H,1-8H3,(H,25,27). The van der Waals surface area contributed by atoms with Gasteiger partial charge in [-0.1, -0.05) is 19.6 Å². The summed E-state index contributed by atoms with van der Waals surface area (Å²) in [7, 11) is 1.58. The minimum atomic E-state index is -1.88. The van der Waals surface area contributed by atoms with Gasteiger partial charge in [0.05, 0.1) is 31.9 Å². The summed E-state index contributed by atoms with van der Waals surface area (Å²) in [5.41, 5.74) is 7.22. The molecule has 0 spiro atoms. The van der Waals surface area contributed by atoms with Crippen molar-refractivity contribution in [2.24, 2.45) is 7.05 Å². The predicted octanol–water partition coefficient (Wildman–Crippen LogP) is 5.02. The molecule has 3 aromatic heterocycles. The Hall–Kier alpha value is -3.46. The SMILES string of the molecule is COc1cc(-c2c([Si](C)(C)C)[nH]c3ncc(-c4cnn(C)c4C)c(C)c23)cc([N+](=O)[O-])c1C. The summed E-state index contributed by atoms with van der Waals surface area (Å²) in [5.74, 6) is 0.500. The molecule has 8 nitrogen and oxygen atoms in total. The van der Waals surface area contributed by atoms with E-state index < -0.39 is 8.07 Å². The molecule has 0 saturated carbocycles. The molecular formula is C24H29N5O3Si. The number of hydrogen-bond acceptors (Lipinski definition) is 5. The van der Waals surface area contributed by atoms with Gasteiger partial charge in [-0.25, -0.2) is 4.98 Å². The molecule has 0 aliphatic carbocycles. The first-order valence-electron chi connectivity index (χ1n) is 10.8. The molecule has 0 atom stereocenters. The average Bonchev–Trinajstić information content (AvgIpc) is 3.30. The molecule has 9 heteroatoms. The highest BCUT2D eigenvalue weighted by molar-refractivity contribution is 6.89. The molecule has 4 rings (SSSR count). The molecule has 0 bridgehead atoms. The first-order chi connectivity index (χ1) is 15.5. The number of rotatable bonds is 5. The average molecular weight is 464 g/mol. The molecule has 0 fully saturated rings. The third-order valence-corrected chi connectivity index (χ3v) is 8.27. The van der Waals surface area contributed by atoms with E-state index in [1.54, 1.807) is 20.1 Å². The number of aromatic amines is 1. The number of nitrogens with zero attached hydrogens (tertiary/aromatic N) is 4. The van der Waals surface area contributed by atoms with Gasteiger partial charge in [-0.2, -0.15) is 5.10 Å². The minimum Gasteiger partial charge on any atom is -0.496 e. The smallest absolute Gasteiger partial charge is 0.276 e. The third-order valence-electron chi connectivity index (χ3n) is 6.40. The van der Waals surface area contributed by atoms with E-state index in [1.165, 1.54) is 0 Å². The highest BCUT2D eigenvalue weighted by atomic mass is 28.3. The number of methoxy groups -OCH3 is 1. The fourth-order valence-electron chi connectivity index (χ4n) is 4.41. The van der Waals surface area contributed by atoms with Crippen LogP contribution in [0.5, 0.6) is 5.75 Å². The zero-order chi connectivity index (χ0) is 24.2. The number of aryl methyl sites for hydroxylation is 2. The second-order valence-electron chi connectivity index (χ2n) is 9.49. The van der Waals surface area contributed by atoms with Gasteiger partial charge in [0.15, 0.2) is 0 Å². The summed E-state index contributed by atoms with van der Waals surface area (Å²) in [4.78, 5) is 19.8. The number of H-pyrrole nitrogens is 1. The van der Waals surface area contributed by atoms with Crippen LogP contribution in [0.25, 0.3) is 33.3 Å². The van der Waals surface area contributed by atoms with E-state index in [0.717, 1.165) is 49.9 Å². The number of hydrogen-bond donors (Lipinski definition) is 1. The first-order valence-corrected chi connectivity index (χ1v) is 14.3. The van der Waals surface area contributed by atoms with E-state index in [-0.39, 0.29) is 10.6 Å². The van der Waals surface area contributed by atoms with E-state index in [1.807, 2.05) is 37.1 Å². The number of nitrogens with one attached hydrogen (secondary N) is 1. The van der Waals surface area contributed by atoms with Gasteiger partial charge in [0, 0.05) is 52.4 Å². The van der Waals surface area contributed by atoms with Crippen LogP contribution >= 0.6 is 0 Å². The zero-order valence-corrected chi connectivity index (χ0v) is 21.3. The first kappa shape index (κ1) is 22.7. The Labute approximate surface area is 193 Å². The molecule has 0 unspecified atom stereocenters. The van der Waals surface area contributed by atoms with Crippen LogP contribution in [0, 0.1) is 30.9 Å². The number of nitro groups is 1. The van der Waals surface area contributed by atoms with Crippen molar-refractivity contribution in [3.8, 4) is 28.0 Å². The Morgan fingerprint density at radius 1 is 1.09 bits per heavy atom. The van der Waals surface area contributed by atoms with E-state index in [9.17, 15) is 10.1 Å². The summed E-state index contributed by atoms with van der Waals surface area (Å²) in [6.45, 7) is 12.6. The molecule has 0 aliphatic rings. The van der Waals surface area contributed by atoms with Gasteiger partial charge < -0.3 is 9.72 Å². The van der Waals surface area contributed by atoms with Crippen LogP contribution in [0.15, 0.2) is 24.5 Å². The van der Waals surface area contributed by atoms with E-state index >= 15 is 0 Å². The van der Waals surface area contributed by atoms with Crippen molar-refractivity contribution in [2.75, 3.05) is 7.11 Å². The van der Waals surface area contributed by atoms with Gasteiger partial charge in [-0.15, -0.1) is 0 Å². The van der Waals surface area contributed by atoms with Gasteiger partial charge in [0.25, 0.3) is 5.69 Å². The van der Waals surface area contributed by atoms with Crippen molar-refractivity contribution in [1.82, 2.24) is 19.7 Å². The van der Waals surface area contributed by atoms with E-state index in [4.69, 9.17) is 9.72 Å². The Bertz CT molecular complexity index is 1410. The molecule has 172 valence electrons. The number of pyridine rings is 1. The molecule has 0 aliphatic heterocycles. The monoisotopic (exact) mass is 463 g/mol. The minimum absolute atomic E-state index is 0.0464. The molecule has 0 saturated heterocycles. The van der Waals surface area contributed by atoms with Crippen molar-refractivity contribution in [3.05, 3.63) is 51.5 Å². The second kappa shape index (κ2) is 7.84. The number of benzene rings is 1. The number of fused-ring (bicyclic) bond motifs is 1. The van der Waals surface area contributed by atoms with Gasteiger partial charge in [0.2, 0.25) is 0 Å².